The summed E-state index contributed by atoms with van der Waals surface area (Å²) in [6, 6.07) is 12.6. The molecule has 4 N–H and O–H groups in total. The Morgan fingerprint density at radius 3 is 2.47 bits per heavy atom. The zero-order chi connectivity index (χ0) is 21.2. The molecule has 0 aliphatic carbocycles. The normalized spacial score (nSPS) is 29.3. The molecule has 4 atom stereocenters. The highest BCUT2D eigenvalue weighted by Gasteiger charge is 2.70. The number of hydrogen-bond acceptors (Lipinski definition) is 5. The molecule has 0 bridgehead atoms. The molecule has 30 heavy (non-hydrogen) atoms. The molecular weight excluding hydrogens is 408 g/mol. The topological polar surface area (TPSA) is 122 Å². The summed E-state index contributed by atoms with van der Waals surface area (Å²) < 4.78 is 0. The predicted molar refractivity (Wildman–Crippen MR) is 108 cm³/mol. The minimum absolute atomic E-state index is 0.175. The first-order valence-electron chi connectivity index (χ1n) is 9.45. The van der Waals surface area contributed by atoms with Gasteiger partial charge in [0.15, 0.2) is 0 Å². The molecule has 2 saturated heterocycles. The first-order valence-corrected chi connectivity index (χ1v) is 9.82. The van der Waals surface area contributed by atoms with Crippen molar-refractivity contribution >= 4 is 46.6 Å². The lowest BCUT2D eigenvalue weighted by Gasteiger charge is -2.29. The van der Waals surface area contributed by atoms with E-state index in [0.29, 0.717) is 22.0 Å². The highest BCUT2D eigenvalue weighted by molar-refractivity contribution is 6.31. The number of amides is 4. The highest BCUT2D eigenvalue weighted by atomic mass is 35.5. The maximum atomic E-state index is 13.6. The lowest BCUT2D eigenvalue weighted by Crippen LogP contribution is -2.53. The van der Waals surface area contributed by atoms with Crippen LogP contribution in [0.5, 0.6) is 0 Å². The zero-order valence-electron chi connectivity index (χ0n) is 15.6. The van der Waals surface area contributed by atoms with Crippen LogP contribution in [0, 0.1) is 11.8 Å². The van der Waals surface area contributed by atoms with E-state index in [1.54, 1.807) is 48.5 Å². The number of para-hydroxylation sites is 1. The first kappa shape index (κ1) is 18.8. The van der Waals surface area contributed by atoms with Crippen LogP contribution >= 0.6 is 11.6 Å². The molecule has 0 saturated carbocycles. The molecule has 2 aromatic rings. The van der Waals surface area contributed by atoms with Gasteiger partial charge in [0.1, 0.15) is 5.54 Å². The van der Waals surface area contributed by atoms with Gasteiger partial charge in [-0.05, 0) is 30.3 Å². The van der Waals surface area contributed by atoms with Gasteiger partial charge in [0.05, 0.1) is 17.5 Å². The summed E-state index contributed by atoms with van der Waals surface area (Å²) in [6.07, 6.45) is -0.175. The van der Waals surface area contributed by atoms with Gasteiger partial charge in [0.2, 0.25) is 23.6 Å². The minimum Gasteiger partial charge on any atom is -0.370 e. The Kier molecular flexibility index (Phi) is 4.00. The Hall–Kier alpha value is -3.23. The Balaban J connectivity index is 1.67. The maximum absolute atomic E-state index is 13.6. The van der Waals surface area contributed by atoms with Crippen molar-refractivity contribution in [3.63, 3.8) is 0 Å². The second-order valence-electron chi connectivity index (χ2n) is 7.72. The highest BCUT2D eigenvalue weighted by Crippen LogP contribution is 2.53. The third kappa shape index (κ3) is 2.37. The van der Waals surface area contributed by atoms with E-state index in [0.717, 1.165) is 4.90 Å². The number of fused-ring (bicyclic) bond motifs is 4. The molecule has 3 aliphatic rings. The Bertz CT molecular complexity index is 1120. The molecule has 4 amide bonds. The molecule has 4 unspecified atom stereocenters. The van der Waals surface area contributed by atoms with E-state index in [1.165, 1.54) is 0 Å². The molecule has 1 spiro atoms. The van der Waals surface area contributed by atoms with Gasteiger partial charge in [-0.25, -0.2) is 4.90 Å². The summed E-state index contributed by atoms with van der Waals surface area (Å²) in [5, 5.41) is 6.41. The molecule has 0 radical (unpaired) electrons. The van der Waals surface area contributed by atoms with Gasteiger partial charge in [-0.1, -0.05) is 29.8 Å². The average molecular weight is 425 g/mol. The van der Waals surface area contributed by atoms with Crippen molar-refractivity contribution in [2.45, 2.75) is 18.0 Å². The molecule has 8 nitrogen and oxygen atoms in total. The summed E-state index contributed by atoms with van der Waals surface area (Å²) >= 11 is 5.94. The van der Waals surface area contributed by atoms with Gasteiger partial charge in [-0.3, -0.25) is 24.5 Å². The van der Waals surface area contributed by atoms with Crippen LogP contribution in [0.25, 0.3) is 0 Å². The Morgan fingerprint density at radius 2 is 1.77 bits per heavy atom. The number of carbonyl (C=O) groups excluding carboxylic acids is 4. The summed E-state index contributed by atoms with van der Waals surface area (Å²) in [4.78, 5) is 52.9. The van der Waals surface area contributed by atoms with Crippen molar-refractivity contribution in [1.82, 2.24) is 5.32 Å². The number of imide groups is 1. The third-order valence-corrected chi connectivity index (χ3v) is 6.38. The van der Waals surface area contributed by atoms with Crippen molar-refractivity contribution < 1.29 is 19.2 Å². The standard InChI is InChI=1S/C21H17ClN4O4/c22-10-5-7-11(8-6-10)26-18(28)16-14(9-15(23)27)25-21(17(16)19(26)29)12-3-1-2-4-13(12)24-20(21)30/h1-8,14,16-17,25H,9H2,(H2,23,27)(H,24,30). The number of rotatable bonds is 3. The predicted octanol–water partition coefficient (Wildman–Crippen LogP) is 1.14. The van der Waals surface area contributed by atoms with Gasteiger partial charge < -0.3 is 11.1 Å². The fourth-order valence-corrected chi connectivity index (χ4v) is 5.12. The lowest BCUT2D eigenvalue weighted by atomic mass is 9.76. The van der Waals surface area contributed by atoms with Gasteiger partial charge in [0.25, 0.3) is 0 Å². The van der Waals surface area contributed by atoms with Gasteiger partial charge in [0, 0.05) is 28.7 Å². The van der Waals surface area contributed by atoms with Gasteiger partial charge in [-0.2, -0.15) is 0 Å². The molecule has 9 heteroatoms. The van der Waals surface area contributed by atoms with E-state index in [-0.39, 0.29) is 6.42 Å². The lowest BCUT2D eigenvalue weighted by molar-refractivity contribution is -0.130. The second kappa shape index (κ2) is 6.38. The first-order chi connectivity index (χ1) is 14.3. The van der Waals surface area contributed by atoms with Crippen molar-refractivity contribution in [3.8, 4) is 0 Å². The van der Waals surface area contributed by atoms with Crippen molar-refractivity contribution in [1.29, 1.82) is 0 Å². The Labute approximate surface area is 176 Å². The second-order valence-corrected chi connectivity index (χ2v) is 8.16. The molecule has 2 aromatic carbocycles. The maximum Gasteiger partial charge on any atom is 0.250 e. The van der Waals surface area contributed by atoms with Crippen LogP contribution in [0.3, 0.4) is 0 Å². The summed E-state index contributed by atoms with van der Waals surface area (Å²) in [6.45, 7) is 0. The van der Waals surface area contributed by atoms with Crippen LogP contribution in [0.4, 0.5) is 11.4 Å². The number of carbonyl (C=O) groups is 4. The van der Waals surface area contributed by atoms with Gasteiger partial charge >= 0.3 is 0 Å². The fraction of sp³-hybridized carbons (Fsp3) is 0.238. The number of nitrogens with one attached hydrogen (secondary N) is 2. The molecule has 152 valence electrons. The number of anilines is 2. The largest absolute Gasteiger partial charge is 0.370 e. The number of halogens is 1. The monoisotopic (exact) mass is 424 g/mol. The van der Waals surface area contributed by atoms with Crippen LogP contribution in [0.15, 0.2) is 48.5 Å². The van der Waals surface area contributed by atoms with Gasteiger partial charge in [-0.15, -0.1) is 0 Å². The number of nitrogens with zero attached hydrogens (tertiary/aromatic N) is 1. The van der Waals surface area contributed by atoms with Crippen molar-refractivity contribution in [2.24, 2.45) is 17.6 Å². The minimum atomic E-state index is -1.45. The van der Waals surface area contributed by atoms with E-state index in [2.05, 4.69) is 10.6 Å². The number of nitrogens with two attached hydrogens (primary N) is 1. The van der Waals surface area contributed by atoms with E-state index in [9.17, 15) is 19.2 Å². The Morgan fingerprint density at radius 1 is 1.07 bits per heavy atom. The van der Waals surface area contributed by atoms with Crippen LogP contribution in [-0.2, 0) is 24.7 Å². The van der Waals surface area contributed by atoms with Crippen LogP contribution in [0.1, 0.15) is 12.0 Å². The number of primary amides is 1. The van der Waals surface area contributed by atoms with Crippen molar-refractivity contribution in [2.75, 3.05) is 10.2 Å². The number of benzene rings is 2. The van der Waals surface area contributed by atoms with Crippen molar-refractivity contribution in [3.05, 3.63) is 59.1 Å². The van der Waals surface area contributed by atoms with Crippen LogP contribution < -0.4 is 21.3 Å². The molecule has 0 aromatic heterocycles. The average Bonchev–Trinajstić information content (AvgIpc) is 3.27. The third-order valence-electron chi connectivity index (χ3n) is 6.13. The molecule has 3 heterocycles. The molecule has 5 rings (SSSR count). The molecule has 2 fully saturated rings. The van der Waals surface area contributed by atoms with Crippen LogP contribution in [0.2, 0.25) is 5.02 Å². The number of hydrogen-bond donors (Lipinski definition) is 3. The zero-order valence-corrected chi connectivity index (χ0v) is 16.3. The van der Waals surface area contributed by atoms with E-state index >= 15 is 0 Å². The van der Waals surface area contributed by atoms with E-state index in [1.807, 2.05) is 0 Å². The molecule has 3 aliphatic heterocycles. The summed E-state index contributed by atoms with van der Waals surface area (Å²) in [7, 11) is 0. The summed E-state index contributed by atoms with van der Waals surface area (Å²) in [5.41, 5.74) is 5.47. The fourth-order valence-electron chi connectivity index (χ4n) is 4.99. The summed E-state index contributed by atoms with van der Waals surface area (Å²) in [5.74, 6) is -3.94. The van der Waals surface area contributed by atoms with E-state index in [4.69, 9.17) is 17.3 Å². The van der Waals surface area contributed by atoms with E-state index < -0.39 is 47.0 Å². The smallest absolute Gasteiger partial charge is 0.250 e. The quantitative estimate of drug-likeness (QED) is 0.638. The van der Waals surface area contributed by atoms with Crippen LogP contribution in [-0.4, -0.2) is 29.7 Å². The molecular formula is C21H17ClN4O4. The SMILES string of the molecule is NC(=O)CC1NC2(C(=O)Nc3ccccc32)C2C(=O)N(c3ccc(Cl)cc3)C(=O)C12.